The minimum Gasteiger partial charge on any atom is -0.489 e. The molecule has 0 bridgehead atoms. The Bertz CT molecular complexity index is 643. The lowest BCUT2D eigenvalue weighted by atomic mass is 9.98. The third-order valence-electron chi connectivity index (χ3n) is 3.80. The Morgan fingerprint density at radius 1 is 1.46 bits per heavy atom. The quantitative estimate of drug-likeness (QED) is 0.833. The third kappa shape index (κ3) is 4.57. The third-order valence-corrected chi connectivity index (χ3v) is 3.80. The van der Waals surface area contributed by atoms with Gasteiger partial charge in [0.25, 0.3) is 5.91 Å². The van der Waals surface area contributed by atoms with E-state index in [2.05, 4.69) is 5.32 Å². The summed E-state index contributed by atoms with van der Waals surface area (Å²) in [6, 6.07) is 5.22. The predicted octanol–water partition coefficient (Wildman–Crippen LogP) is 2.46. The summed E-state index contributed by atoms with van der Waals surface area (Å²) in [5.74, 6) is 0.327. The molecule has 6 heteroatoms. The number of hydrogen-bond acceptors (Lipinski definition) is 3. The van der Waals surface area contributed by atoms with Crippen molar-refractivity contribution in [2.75, 3.05) is 26.2 Å². The van der Waals surface area contributed by atoms with Gasteiger partial charge in [0.05, 0.1) is 12.9 Å². The van der Waals surface area contributed by atoms with E-state index in [1.807, 2.05) is 13.0 Å². The molecule has 1 aromatic carbocycles. The minimum absolute atomic E-state index is 0.0804. The van der Waals surface area contributed by atoms with E-state index in [1.54, 1.807) is 24.0 Å². The summed E-state index contributed by atoms with van der Waals surface area (Å²) in [6.45, 7) is 4.99. The predicted molar refractivity (Wildman–Crippen MR) is 89.7 cm³/mol. The van der Waals surface area contributed by atoms with Gasteiger partial charge in [0.15, 0.2) is 0 Å². The second-order valence-corrected chi connectivity index (χ2v) is 5.89. The summed E-state index contributed by atoms with van der Waals surface area (Å²) in [5, 5.41) is 2.78. The Hall–Kier alpha value is -2.37. The van der Waals surface area contributed by atoms with Crippen LogP contribution in [0.15, 0.2) is 30.1 Å². The smallest absolute Gasteiger partial charge is 0.254 e. The fraction of sp³-hybridized carbons (Fsp3) is 0.444. The summed E-state index contributed by atoms with van der Waals surface area (Å²) in [5.41, 5.74) is 1.98. The molecule has 0 saturated heterocycles. The number of ether oxygens (including phenoxy) is 1. The summed E-state index contributed by atoms with van der Waals surface area (Å²) < 4.78 is 17.8. The van der Waals surface area contributed by atoms with E-state index in [0.717, 1.165) is 12.0 Å². The van der Waals surface area contributed by atoms with Crippen molar-refractivity contribution < 1.29 is 18.7 Å². The average Bonchev–Trinajstić information content (AvgIpc) is 2.60. The first kappa shape index (κ1) is 18.0. The van der Waals surface area contributed by atoms with Gasteiger partial charge in [-0.2, -0.15) is 0 Å². The molecule has 5 nitrogen and oxygen atoms in total. The molecule has 1 N–H and O–H groups in total. The van der Waals surface area contributed by atoms with Crippen molar-refractivity contribution in [2.24, 2.45) is 0 Å². The second-order valence-electron chi connectivity index (χ2n) is 5.89. The summed E-state index contributed by atoms with van der Waals surface area (Å²) in [7, 11) is 0. The van der Waals surface area contributed by atoms with E-state index in [-0.39, 0.29) is 25.0 Å². The van der Waals surface area contributed by atoms with Crippen LogP contribution in [0.3, 0.4) is 0 Å². The molecule has 1 aliphatic heterocycles. The molecule has 24 heavy (non-hydrogen) atoms. The number of carbonyl (C=O) groups is 2. The molecule has 2 rings (SSSR count). The second kappa shape index (κ2) is 8.47. The highest BCUT2D eigenvalue weighted by molar-refractivity contribution is 5.98. The van der Waals surface area contributed by atoms with Crippen molar-refractivity contribution in [1.82, 2.24) is 10.2 Å². The number of amides is 2. The van der Waals surface area contributed by atoms with Gasteiger partial charge in [0, 0.05) is 18.7 Å². The molecule has 0 unspecified atom stereocenters. The molecule has 1 aromatic rings. The van der Waals surface area contributed by atoms with E-state index in [0.29, 0.717) is 42.7 Å². The number of nitrogens with one attached hydrogen (secondary N) is 1. The molecule has 1 aliphatic rings. The maximum absolute atomic E-state index is 12.5. The monoisotopic (exact) mass is 334 g/mol. The van der Waals surface area contributed by atoms with Gasteiger partial charge in [-0.1, -0.05) is 6.92 Å². The van der Waals surface area contributed by atoms with E-state index >= 15 is 0 Å². The van der Waals surface area contributed by atoms with Crippen molar-refractivity contribution >= 4 is 11.8 Å². The van der Waals surface area contributed by atoms with E-state index in [9.17, 15) is 14.0 Å². The molecular weight excluding hydrogens is 311 g/mol. The molecule has 0 aliphatic carbocycles. The first-order valence-corrected chi connectivity index (χ1v) is 8.12. The Morgan fingerprint density at radius 3 is 2.96 bits per heavy atom. The number of carbonyl (C=O) groups excluding carboxylic acids is 2. The van der Waals surface area contributed by atoms with Crippen molar-refractivity contribution in [3.8, 4) is 5.75 Å². The van der Waals surface area contributed by atoms with Gasteiger partial charge < -0.3 is 15.0 Å². The van der Waals surface area contributed by atoms with Crippen LogP contribution in [0, 0.1) is 0 Å². The zero-order valence-corrected chi connectivity index (χ0v) is 14.1. The molecule has 0 aromatic heterocycles. The maximum atomic E-state index is 12.5. The lowest BCUT2D eigenvalue weighted by Crippen LogP contribution is -2.44. The lowest BCUT2D eigenvalue weighted by Gasteiger charge is -2.28. The van der Waals surface area contributed by atoms with Crippen LogP contribution in [0.2, 0.25) is 0 Å². The Balaban J connectivity index is 2.01. The zero-order valence-electron chi connectivity index (χ0n) is 14.1. The Morgan fingerprint density at radius 2 is 2.25 bits per heavy atom. The summed E-state index contributed by atoms with van der Waals surface area (Å²) in [6.07, 6.45) is 2.04. The number of nitrogens with zero attached hydrogens (tertiary/aromatic N) is 1. The number of halogens is 1. The van der Waals surface area contributed by atoms with Gasteiger partial charge in [-0.25, -0.2) is 4.39 Å². The van der Waals surface area contributed by atoms with Crippen molar-refractivity contribution in [2.45, 2.75) is 26.7 Å². The SMILES string of the molecule is CCCNC(=O)CN1CCc2cc(OC/C(C)=C/F)ccc2C1=O. The molecule has 1 heterocycles. The highest BCUT2D eigenvalue weighted by Gasteiger charge is 2.26. The van der Waals surface area contributed by atoms with Gasteiger partial charge >= 0.3 is 0 Å². The van der Waals surface area contributed by atoms with Crippen molar-refractivity contribution in [3.05, 3.63) is 41.2 Å². The Kier molecular flexibility index (Phi) is 6.35. The largest absolute Gasteiger partial charge is 0.489 e. The lowest BCUT2D eigenvalue weighted by molar-refractivity contribution is -0.121. The maximum Gasteiger partial charge on any atom is 0.254 e. The number of hydrogen-bond donors (Lipinski definition) is 1. The zero-order chi connectivity index (χ0) is 17.5. The van der Waals surface area contributed by atoms with Crippen LogP contribution >= 0.6 is 0 Å². The first-order valence-electron chi connectivity index (χ1n) is 8.12. The molecule has 0 saturated carbocycles. The van der Waals surface area contributed by atoms with Gasteiger partial charge in [-0.15, -0.1) is 0 Å². The Labute approximate surface area is 141 Å². The normalized spacial score (nSPS) is 14.4. The summed E-state index contributed by atoms with van der Waals surface area (Å²) in [4.78, 5) is 25.9. The molecule has 0 atom stereocenters. The van der Waals surface area contributed by atoms with Gasteiger partial charge in [0.1, 0.15) is 12.4 Å². The molecule has 130 valence electrons. The number of rotatable bonds is 7. The van der Waals surface area contributed by atoms with Gasteiger partial charge in [-0.3, -0.25) is 9.59 Å². The van der Waals surface area contributed by atoms with E-state index in [1.165, 1.54) is 0 Å². The fourth-order valence-electron chi connectivity index (χ4n) is 2.48. The van der Waals surface area contributed by atoms with Crippen LogP contribution < -0.4 is 10.1 Å². The topological polar surface area (TPSA) is 58.6 Å². The average molecular weight is 334 g/mol. The number of fused-ring (bicyclic) bond motifs is 1. The fourth-order valence-corrected chi connectivity index (χ4v) is 2.48. The van der Waals surface area contributed by atoms with Crippen LogP contribution in [0.25, 0.3) is 0 Å². The van der Waals surface area contributed by atoms with Crippen LogP contribution in [0.5, 0.6) is 5.75 Å². The highest BCUT2D eigenvalue weighted by atomic mass is 19.1. The molecule has 0 spiro atoms. The molecular formula is C18H23FN2O3. The minimum atomic E-state index is -0.144. The van der Waals surface area contributed by atoms with Crippen LogP contribution in [0.4, 0.5) is 4.39 Å². The van der Waals surface area contributed by atoms with E-state index in [4.69, 9.17) is 4.74 Å². The van der Waals surface area contributed by atoms with Crippen molar-refractivity contribution in [1.29, 1.82) is 0 Å². The summed E-state index contributed by atoms with van der Waals surface area (Å²) >= 11 is 0. The highest BCUT2D eigenvalue weighted by Crippen LogP contribution is 2.24. The molecule has 0 radical (unpaired) electrons. The van der Waals surface area contributed by atoms with Gasteiger partial charge in [-0.05, 0) is 49.1 Å². The number of benzene rings is 1. The van der Waals surface area contributed by atoms with Crippen LogP contribution in [0.1, 0.15) is 36.2 Å². The first-order chi connectivity index (χ1) is 11.5. The molecule has 2 amide bonds. The van der Waals surface area contributed by atoms with E-state index < -0.39 is 0 Å². The molecule has 0 fully saturated rings. The van der Waals surface area contributed by atoms with Crippen molar-refractivity contribution in [3.63, 3.8) is 0 Å². The standard InChI is InChI=1S/C18H23FN2O3/c1-3-7-20-17(22)11-21-8-6-14-9-15(24-12-13(2)10-19)4-5-16(14)18(21)23/h4-5,9-10H,3,6-8,11-12H2,1-2H3,(H,20,22)/b13-10+. The van der Waals surface area contributed by atoms with Gasteiger partial charge in [0.2, 0.25) is 5.91 Å². The van der Waals surface area contributed by atoms with Crippen LogP contribution in [-0.4, -0.2) is 43.0 Å². The van der Waals surface area contributed by atoms with Crippen LogP contribution in [-0.2, 0) is 11.2 Å².